The van der Waals surface area contributed by atoms with Crippen LogP contribution >= 0.6 is 23.2 Å². The Morgan fingerprint density at radius 3 is 2.15 bits per heavy atom. The molecule has 3 N–H and O–H groups in total. The first-order valence-electron chi connectivity index (χ1n) is 12.9. The number of aliphatic carboxylic acids is 1. The highest BCUT2D eigenvalue weighted by molar-refractivity contribution is 6.40. The minimum absolute atomic E-state index is 0.000388. The molecule has 5 rings (SSSR count). The molecule has 1 aliphatic carbocycles. The Hall–Kier alpha value is -3.17. The number of rotatable bonds is 7. The first kappa shape index (κ1) is 28.8. The average molecular weight is 575 g/mol. The molecular weight excluding hydrogens is 543 g/mol. The molecular formula is C28H32Cl2N4O5. The van der Waals surface area contributed by atoms with Gasteiger partial charge >= 0.3 is 5.97 Å². The summed E-state index contributed by atoms with van der Waals surface area (Å²) in [6.45, 7) is 5.50. The predicted molar refractivity (Wildman–Crippen MR) is 148 cm³/mol. The fourth-order valence-electron chi connectivity index (χ4n) is 5.41. The van der Waals surface area contributed by atoms with Gasteiger partial charge in [0, 0.05) is 36.0 Å². The molecule has 0 radical (unpaired) electrons. The van der Waals surface area contributed by atoms with Crippen LogP contribution in [-0.4, -0.2) is 56.8 Å². The van der Waals surface area contributed by atoms with E-state index in [0.29, 0.717) is 11.3 Å². The number of fused-ring (bicyclic) bond motifs is 3. The fraction of sp³-hybridized carbons (Fsp3) is 0.464. The van der Waals surface area contributed by atoms with E-state index in [-0.39, 0.29) is 39.9 Å². The van der Waals surface area contributed by atoms with Crippen molar-refractivity contribution in [1.82, 2.24) is 15.2 Å². The Morgan fingerprint density at radius 2 is 1.62 bits per heavy atom. The summed E-state index contributed by atoms with van der Waals surface area (Å²) in [6.07, 6.45) is 6.09. The van der Waals surface area contributed by atoms with Crippen LogP contribution in [0, 0.1) is 11.3 Å². The molecule has 1 saturated carbocycles. The summed E-state index contributed by atoms with van der Waals surface area (Å²) in [4.78, 5) is 57.0. The SMILES string of the molecule is CC(C)(C)C(=O)N1C2CCC(CC2)C1C(=O)NC(Cc1ccc(NC(=O)c2c(Cl)cncc2Cl)cc1)C(=O)O. The van der Waals surface area contributed by atoms with Crippen molar-refractivity contribution in [2.24, 2.45) is 11.3 Å². The molecule has 2 aromatic rings. The van der Waals surface area contributed by atoms with Crippen molar-refractivity contribution in [3.8, 4) is 0 Å². The number of carbonyl (C=O) groups excluding carboxylic acids is 3. The third-order valence-electron chi connectivity index (χ3n) is 7.37. The van der Waals surface area contributed by atoms with Crippen LogP contribution in [0.2, 0.25) is 10.0 Å². The largest absolute Gasteiger partial charge is 0.480 e. The van der Waals surface area contributed by atoms with Crippen molar-refractivity contribution in [2.45, 2.75) is 71.0 Å². The van der Waals surface area contributed by atoms with Crippen molar-refractivity contribution in [3.05, 3.63) is 57.8 Å². The van der Waals surface area contributed by atoms with Gasteiger partial charge in [0.2, 0.25) is 11.8 Å². The van der Waals surface area contributed by atoms with E-state index in [1.165, 1.54) is 12.4 Å². The van der Waals surface area contributed by atoms with E-state index in [1.807, 2.05) is 20.8 Å². The number of hydrogen-bond acceptors (Lipinski definition) is 5. The van der Waals surface area contributed by atoms with Gasteiger partial charge in [-0.15, -0.1) is 0 Å². The van der Waals surface area contributed by atoms with Gasteiger partial charge in [0.1, 0.15) is 12.1 Å². The molecule has 11 heteroatoms. The quantitative estimate of drug-likeness (QED) is 0.444. The maximum atomic E-state index is 13.5. The van der Waals surface area contributed by atoms with Crippen LogP contribution in [0.15, 0.2) is 36.7 Å². The van der Waals surface area contributed by atoms with Gasteiger partial charge in [-0.2, -0.15) is 0 Å². The van der Waals surface area contributed by atoms with Crippen LogP contribution in [-0.2, 0) is 20.8 Å². The highest BCUT2D eigenvalue weighted by atomic mass is 35.5. The number of piperidine rings is 2. The minimum atomic E-state index is -1.18. The van der Waals surface area contributed by atoms with Gasteiger partial charge in [0.15, 0.2) is 0 Å². The second-order valence-corrected chi connectivity index (χ2v) is 12.0. The number of amides is 3. The number of aromatic nitrogens is 1. The summed E-state index contributed by atoms with van der Waals surface area (Å²) >= 11 is 12.1. The molecule has 39 heavy (non-hydrogen) atoms. The highest BCUT2D eigenvalue weighted by Gasteiger charge is 2.49. The smallest absolute Gasteiger partial charge is 0.326 e. The lowest BCUT2D eigenvalue weighted by Crippen LogP contribution is -2.65. The summed E-state index contributed by atoms with van der Waals surface area (Å²) in [6, 6.07) is 4.74. The topological polar surface area (TPSA) is 129 Å². The van der Waals surface area contributed by atoms with Gasteiger partial charge in [0.25, 0.3) is 5.91 Å². The fourth-order valence-corrected chi connectivity index (χ4v) is 5.94. The third kappa shape index (κ3) is 6.36. The molecule has 1 aromatic heterocycles. The lowest BCUT2D eigenvalue weighted by Gasteiger charge is -2.52. The summed E-state index contributed by atoms with van der Waals surface area (Å²) in [5.41, 5.74) is 0.557. The van der Waals surface area contributed by atoms with Gasteiger partial charge in [0.05, 0.1) is 15.6 Å². The lowest BCUT2D eigenvalue weighted by atomic mass is 9.73. The Morgan fingerprint density at radius 1 is 1.03 bits per heavy atom. The average Bonchev–Trinajstić information content (AvgIpc) is 2.88. The lowest BCUT2D eigenvalue weighted by molar-refractivity contribution is -0.160. The molecule has 3 amide bonds. The van der Waals surface area contributed by atoms with Crippen LogP contribution in [0.4, 0.5) is 5.69 Å². The maximum Gasteiger partial charge on any atom is 0.326 e. The Kier molecular flexibility index (Phi) is 8.51. The number of hydrogen-bond donors (Lipinski definition) is 3. The van der Waals surface area contributed by atoms with Crippen molar-refractivity contribution in [2.75, 3.05) is 5.32 Å². The number of nitrogens with zero attached hydrogens (tertiary/aromatic N) is 2. The van der Waals surface area contributed by atoms with Gasteiger partial charge in [-0.25, -0.2) is 4.79 Å². The first-order valence-corrected chi connectivity index (χ1v) is 13.7. The monoisotopic (exact) mass is 574 g/mol. The van der Waals surface area contributed by atoms with Crippen molar-refractivity contribution >= 4 is 52.6 Å². The molecule has 3 heterocycles. The zero-order valence-corrected chi connectivity index (χ0v) is 23.6. The number of pyridine rings is 1. The molecule has 1 aromatic carbocycles. The summed E-state index contributed by atoms with van der Waals surface area (Å²) in [5.74, 6) is -2.18. The van der Waals surface area contributed by atoms with E-state index < -0.39 is 35.3 Å². The molecule has 9 nitrogen and oxygen atoms in total. The van der Waals surface area contributed by atoms with Gasteiger partial charge in [-0.3, -0.25) is 19.4 Å². The summed E-state index contributed by atoms with van der Waals surface area (Å²) in [5, 5.41) is 15.5. The highest BCUT2D eigenvalue weighted by Crippen LogP contribution is 2.41. The number of carboxylic acid groups (broad SMARTS) is 1. The predicted octanol–water partition coefficient (Wildman–Crippen LogP) is 4.57. The summed E-state index contributed by atoms with van der Waals surface area (Å²) in [7, 11) is 0. The van der Waals surface area contributed by atoms with Crippen molar-refractivity contribution in [3.63, 3.8) is 0 Å². The zero-order chi connectivity index (χ0) is 28.5. The Bertz CT molecular complexity index is 1250. The van der Waals surface area contributed by atoms with Crippen molar-refractivity contribution in [1.29, 1.82) is 0 Å². The van der Waals surface area contributed by atoms with E-state index in [4.69, 9.17) is 23.2 Å². The van der Waals surface area contributed by atoms with Crippen LogP contribution < -0.4 is 10.6 Å². The first-order chi connectivity index (χ1) is 18.4. The van der Waals surface area contributed by atoms with Gasteiger partial charge in [-0.1, -0.05) is 56.1 Å². The number of benzene rings is 1. The van der Waals surface area contributed by atoms with Crippen molar-refractivity contribution < 1.29 is 24.3 Å². The van der Waals surface area contributed by atoms with Gasteiger partial charge in [-0.05, 0) is 49.3 Å². The molecule has 2 unspecified atom stereocenters. The number of carbonyl (C=O) groups is 4. The molecule has 2 bridgehead atoms. The summed E-state index contributed by atoms with van der Waals surface area (Å²) < 4.78 is 0. The van der Waals surface area contributed by atoms with E-state index in [0.717, 1.165) is 25.7 Å². The molecule has 2 aliphatic heterocycles. The normalized spacial score (nSPS) is 21.3. The molecule has 0 spiro atoms. The molecule has 3 fully saturated rings. The number of anilines is 1. The Balaban J connectivity index is 1.44. The number of nitrogens with one attached hydrogen (secondary N) is 2. The number of carboxylic acids is 1. The van der Waals surface area contributed by atoms with Crippen LogP contribution in [0.3, 0.4) is 0 Å². The third-order valence-corrected chi connectivity index (χ3v) is 7.95. The standard InChI is InChI=1S/C28H32Cl2N4O5/c1-28(2,3)27(39)34-18-10-6-16(7-11-18)23(34)25(36)33-21(26(37)38)12-15-4-8-17(9-5-15)32-24(35)22-19(29)13-31-14-20(22)30/h4-5,8-9,13-14,16,18,21,23H,6-7,10-12H2,1-3H3,(H,32,35)(H,33,36)(H,37,38). The number of halogens is 2. The molecule has 3 aliphatic rings. The van der Waals surface area contributed by atoms with E-state index in [9.17, 15) is 24.3 Å². The van der Waals surface area contributed by atoms with E-state index >= 15 is 0 Å². The second-order valence-electron chi connectivity index (χ2n) is 11.2. The van der Waals surface area contributed by atoms with E-state index in [2.05, 4.69) is 15.6 Å². The Labute approximate surface area is 237 Å². The second kappa shape index (κ2) is 11.5. The zero-order valence-electron chi connectivity index (χ0n) is 22.0. The van der Waals surface area contributed by atoms with E-state index in [1.54, 1.807) is 29.2 Å². The minimum Gasteiger partial charge on any atom is -0.480 e. The van der Waals surface area contributed by atoms with Crippen LogP contribution in [0.1, 0.15) is 62.4 Å². The molecule has 208 valence electrons. The van der Waals surface area contributed by atoms with Gasteiger partial charge < -0.3 is 20.6 Å². The molecule has 2 atom stereocenters. The van der Waals surface area contributed by atoms with Crippen LogP contribution in [0.25, 0.3) is 0 Å². The van der Waals surface area contributed by atoms with Crippen LogP contribution in [0.5, 0.6) is 0 Å². The molecule has 2 saturated heterocycles. The maximum absolute atomic E-state index is 13.5.